The molecule has 1 aliphatic rings. The first-order valence-electron chi connectivity index (χ1n) is 8.73. The Balaban J connectivity index is 1.38. The summed E-state index contributed by atoms with van der Waals surface area (Å²) in [5.74, 6) is 1.29. The second-order valence-electron chi connectivity index (χ2n) is 6.32. The summed E-state index contributed by atoms with van der Waals surface area (Å²) in [5, 5.41) is 5.38. The fraction of sp³-hybridized carbons (Fsp3) is 0.316. The van der Waals surface area contributed by atoms with E-state index in [-0.39, 0.29) is 30.5 Å². The Morgan fingerprint density at radius 3 is 2.96 bits per heavy atom. The van der Waals surface area contributed by atoms with Gasteiger partial charge >= 0.3 is 0 Å². The van der Waals surface area contributed by atoms with Gasteiger partial charge in [0.1, 0.15) is 18.0 Å². The zero-order chi connectivity index (χ0) is 18.8. The van der Waals surface area contributed by atoms with Gasteiger partial charge in [-0.1, -0.05) is 6.07 Å². The van der Waals surface area contributed by atoms with Gasteiger partial charge in [-0.2, -0.15) is 0 Å². The van der Waals surface area contributed by atoms with Gasteiger partial charge < -0.3 is 14.8 Å². The van der Waals surface area contributed by atoms with Crippen molar-refractivity contribution in [2.24, 2.45) is 0 Å². The van der Waals surface area contributed by atoms with Crippen molar-refractivity contribution in [3.63, 3.8) is 0 Å². The summed E-state index contributed by atoms with van der Waals surface area (Å²) in [6.07, 6.45) is 1.70. The molecule has 0 spiro atoms. The lowest BCUT2D eigenvalue weighted by Gasteiger charge is -2.21. The summed E-state index contributed by atoms with van der Waals surface area (Å²) < 4.78 is 12.6. The molecule has 1 aliphatic heterocycles. The maximum atomic E-state index is 12.4. The molecule has 2 aromatic heterocycles. The molecule has 0 saturated heterocycles. The monoisotopic (exact) mass is 385 g/mol. The quantitative estimate of drug-likeness (QED) is 0.730. The number of hydrogen-bond acceptors (Lipinski definition) is 6. The number of amides is 1. The highest BCUT2D eigenvalue weighted by Gasteiger charge is 2.16. The first-order chi connectivity index (χ1) is 13.1. The number of nitrogens with zero attached hydrogens (tertiary/aromatic N) is 2. The van der Waals surface area contributed by atoms with Crippen molar-refractivity contribution in [3.8, 4) is 11.5 Å². The van der Waals surface area contributed by atoms with Gasteiger partial charge in [0.25, 0.3) is 5.56 Å². The SMILES string of the molecule is CC(NC(=O)CCn1cnc2sccc2c1=O)c1ccc2c(c1)OCCO2. The van der Waals surface area contributed by atoms with Gasteiger partial charge in [0.15, 0.2) is 11.5 Å². The Kier molecular flexibility index (Phi) is 4.81. The van der Waals surface area contributed by atoms with Crippen LogP contribution >= 0.6 is 11.3 Å². The molecule has 3 aromatic rings. The minimum absolute atomic E-state index is 0.117. The zero-order valence-corrected chi connectivity index (χ0v) is 15.6. The molecule has 140 valence electrons. The molecule has 7 nitrogen and oxygen atoms in total. The van der Waals surface area contributed by atoms with Crippen LogP contribution in [0.15, 0.2) is 40.8 Å². The third-order valence-electron chi connectivity index (χ3n) is 4.47. The molecule has 0 fully saturated rings. The van der Waals surface area contributed by atoms with Crippen LogP contribution in [-0.4, -0.2) is 28.7 Å². The largest absolute Gasteiger partial charge is 0.486 e. The summed E-state index contributed by atoms with van der Waals surface area (Å²) in [7, 11) is 0. The Bertz CT molecular complexity index is 1040. The predicted molar refractivity (Wildman–Crippen MR) is 102 cm³/mol. The molecule has 3 heterocycles. The number of aromatic nitrogens is 2. The van der Waals surface area contributed by atoms with Crippen LogP contribution in [0, 0.1) is 0 Å². The van der Waals surface area contributed by atoms with E-state index in [4.69, 9.17) is 9.47 Å². The lowest BCUT2D eigenvalue weighted by atomic mass is 10.1. The average Bonchev–Trinajstić information content (AvgIpc) is 3.16. The third-order valence-corrected chi connectivity index (χ3v) is 5.29. The summed E-state index contributed by atoms with van der Waals surface area (Å²) in [5.41, 5.74) is 0.820. The summed E-state index contributed by atoms with van der Waals surface area (Å²) in [6.45, 7) is 3.27. The van der Waals surface area contributed by atoms with E-state index in [0.29, 0.717) is 29.2 Å². The van der Waals surface area contributed by atoms with Crippen LogP contribution in [0.4, 0.5) is 0 Å². The number of nitrogens with one attached hydrogen (secondary N) is 1. The van der Waals surface area contributed by atoms with Crippen molar-refractivity contribution >= 4 is 27.5 Å². The topological polar surface area (TPSA) is 82.5 Å². The normalized spacial score (nSPS) is 14.1. The van der Waals surface area contributed by atoms with E-state index in [1.165, 1.54) is 22.2 Å². The molecule has 1 amide bonds. The molecule has 1 atom stereocenters. The number of rotatable bonds is 5. The highest BCUT2D eigenvalue weighted by molar-refractivity contribution is 7.16. The summed E-state index contributed by atoms with van der Waals surface area (Å²) >= 11 is 1.43. The number of hydrogen-bond donors (Lipinski definition) is 1. The molecular weight excluding hydrogens is 366 g/mol. The Morgan fingerprint density at radius 1 is 1.30 bits per heavy atom. The molecule has 0 bridgehead atoms. The average molecular weight is 385 g/mol. The van der Waals surface area contributed by atoms with E-state index >= 15 is 0 Å². The van der Waals surface area contributed by atoms with Crippen molar-refractivity contribution < 1.29 is 14.3 Å². The predicted octanol–water partition coefficient (Wildman–Crippen LogP) is 2.50. The van der Waals surface area contributed by atoms with Crippen molar-refractivity contribution in [1.82, 2.24) is 14.9 Å². The molecule has 1 unspecified atom stereocenters. The number of aryl methyl sites for hydroxylation is 1. The van der Waals surface area contributed by atoms with Gasteiger partial charge in [-0.15, -0.1) is 11.3 Å². The minimum Gasteiger partial charge on any atom is -0.486 e. The third kappa shape index (κ3) is 3.66. The molecule has 1 aromatic carbocycles. The standard InChI is InChI=1S/C19H19N3O4S/c1-12(13-2-3-15-16(10-13)26-8-7-25-15)21-17(23)4-6-22-11-20-18-14(19(22)24)5-9-27-18/h2-3,5,9-12H,4,6-8H2,1H3,(H,21,23). The van der Waals surface area contributed by atoms with Crippen LogP contribution in [0.2, 0.25) is 0 Å². The lowest BCUT2D eigenvalue weighted by molar-refractivity contribution is -0.121. The Labute approximate surface area is 159 Å². The molecular formula is C19H19N3O4S. The molecule has 0 saturated carbocycles. The van der Waals surface area contributed by atoms with Crippen LogP contribution in [0.5, 0.6) is 11.5 Å². The number of fused-ring (bicyclic) bond motifs is 2. The highest BCUT2D eigenvalue weighted by atomic mass is 32.1. The van der Waals surface area contributed by atoms with Gasteiger partial charge in [-0.25, -0.2) is 4.98 Å². The molecule has 8 heteroatoms. The molecule has 0 aliphatic carbocycles. The minimum atomic E-state index is -0.178. The fourth-order valence-electron chi connectivity index (χ4n) is 3.00. The van der Waals surface area contributed by atoms with Crippen LogP contribution < -0.4 is 20.3 Å². The maximum absolute atomic E-state index is 12.4. The van der Waals surface area contributed by atoms with Crippen LogP contribution in [-0.2, 0) is 11.3 Å². The Hall–Kier alpha value is -2.87. The van der Waals surface area contributed by atoms with E-state index in [9.17, 15) is 9.59 Å². The molecule has 27 heavy (non-hydrogen) atoms. The second kappa shape index (κ2) is 7.40. The number of carbonyl (C=O) groups excluding carboxylic acids is 1. The molecule has 4 rings (SSSR count). The first-order valence-corrected chi connectivity index (χ1v) is 9.61. The van der Waals surface area contributed by atoms with Crippen LogP contribution in [0.1, 0.15) is 24.9 Å². The molecule has 1 N–H and O–H groups in total. The summed E-state index contributed by atoms with van der Waals surface area (Å²) in [6, 6.07) is 7.24. The van der Waals surface area contributed by atoms with E-state index < -0.39 is 0 Å². The fourth-order valence-corrected chi connectivity index (χ4v) is 3.72. The van der Waals surface area contributed by atoms with Gasteiger partial charge in [0.2, 0.25) is 5.91 Å². The van der Waals surface area contributed by atoms with Crippen LogP contribution in [0.3, 0.4) is 0 Å². The van der Waals surface area contributed by atoms with Gasteiger partial charge in [-0.3, -0.25) is 14.2 Å². The number of ether oxygens (including phenoxy) is 2. The van der Waals surface area contributed by atoms with E-state index in [2.05, 4.69) is 10.3 Å². The van der Waals surface area contributed by atoms with E-state index in [1.54, 1.807) is 6.07 Å². The van der Waals surface area contributed by atoms with Crippen molar-refractivity contribution in [2.75, 3.05) is 13.2 Å². The molecule has 0 radical (unpaired) electrons. The number of benzene rings is 1. The van der Waals surface area contributed by atoms with E-state index in [1.807, 2.05) is 30.5 Å². The van der Waals surface area contributed by atoms with Gasteiger partial charge in [0.05, 0.1) is 17.8 Å². The smallest absolute Gasteiger partial charge is 0.262 e. The van der Waals surface area contributed by atoms with E-state index in [0.717, 1.165) is 11.3 Å². The maximum Gasteiger partial charge on any atom is 0.262 e. The number of thiophene rings is 1. The van der Waals surface area contributed by atoms with Crippen molar-refractivity contribution in [3.05, 3.63) is 51.9 Å². The number of carbonyl (C=O) groups is 1. The lowest BCUT2D eigenvalue weighted by Crippen LogP contribution is -2.29. The van der Waals surface area contributed by atoms with Crippen LogP contribution in [0.25, 0.3) is 10.2 Å². The highest BCUT2D eigenvalue weighted by Crippen LogP contribution is 2.32. The zero-order valence-electron chi connectivity index (χ0n) is 14.8. The van der Waals surface area contributed by atoms with Crippen molar-refractivity contribution in [1.29, 1.82) is 0 Å². The first kappa shape index (κ1) is 17.5. The summed E-state index contributed by atoms with van der Waals surface area (Å²) in [4.78, 5) is 29.6. The van der Waals surface area contributed by atoms with Gasteiger partial charge in [0, 0.05) is 13.0 Å². The second-order valence-corrected chi connectivity index (χ2v) is 7.22. The van der Waals surface area contributed by atoms with Gasteiger partial charge in [-0.05, 0) is 36.1 Å². The Morgan fingerprint density at radius 2 is 2.11 bits per heavy atom. The van der Waals surface area contributed by atoms with Crippen molar-refractivity contribution in [2.45, 2.75) is 25.9 Å².